The molecule has 5 nitrogen and oxygen atoms in total. The topological polar surface area (TPSA) is 72.7 Å². The minimum Gasteiger partial charge on any atom is -0.688 e. The van der Waals surface area contributed by atoms with Gasteiger partial charge in [-0.05, 0) is 12.1 Å². The van der Waals surface area contributed by atoms with Crippen molar-refractivity contribution in [1.29, 1.82) is 0 Å². The number of H-pyrrole nitrogens is 1. The number of fused-ring (bicyclic) bond motifs is 1. The number of hydrogen-bond acceptors (Lipinski definition) is 3. The Bertz CT molecular complexity index is 477. The van der Waals surface area contributed by atoms with Gasteiger partial charge in [-0.15, -0.1) is 5.10 Å². The Morgan fingerprint density at radius 2 is 2.17 bits per heavy atom. The van der Waals surface area contributed by atoms with E-state index >= 15 is 0 Å². The summed E-state index contributed by atoms with van der Waals surface area (Å²) in [6, 6.07) is 6.71. The average molecular weight is 163 g/mol. The fourth-order valence-corrected chi connectivity index (χ4v) is 1.01. The minimum absolute atomic E-state index is 0.0301. The highest BCUT2D eigenvalue weighted by atomic mass is 16.5. The van der Waals surface area contributed by atoms with Crippen LogP contribution in [-0.4, -0.2) is 10.3 Å². The van der Waals surface area contributed by atoms with E-state index in [0.717, 1.165) is 0 Å². The largest absolute Gasteiger partial charge is 0.688 e. The van der Waals surface area contributed by atoms with Crippen LogP contribution in [0.3, 0.4) is 0 Å². The van der Waals surface area contributed by atoms with Crippen molar-refractivity contribution in [1.82, 2.24) is 10.3 Å². The molecular weight excluding hydrogens is 158 g/mol. The number of benzene rings is 1. The Morgan fingerprint density at radius 1 is 1.42 bits per heavy atom. The molecule has 1 N–H and O–H groups in total. The van der Waals surface area contributed by atoms with Crippen LogP contribution in [0.25, 0.3) is 10.9 Å². The Balaban J connectivity index is 3.01. The predicted molar refractivity (Wildman–Crippen MR) is 41.3 cm³/mol. The van der Waals surface area contributed by atoms with E-state index in [9.17, 15) is 10.0 Å². The molecule has 0 aliphatic rings. The first kappa shape index (κ1) is 6.78. The second-order valence-electron chi connectivity index (χ2n) is 2.34. The second kappa shape index (κ2) is 2.30. The lowest BCUT2D eigenvalue weighted by atomic mass is 10.2. The summed E-state index contributed by atoms with van der Waals surface area (Å²) in [5, 5.41) is 16.7. The van der Waals surface area contributed by atoms with E-state index in [1.165, 1.54) is 0 Å². The van der Waals surface area contributed by atoms with Crippen molar-refractivity contribution in [3.8, 4) is 0 Å². The van der Waals surface area contributed by atoms with Crippen LogP contribution in [0, 0.1) is 5.21 Å². The van der Waals surface area contributed by atoms with E-state index in [4.69, 9.17) is 0 Å². The van der Waals surface area contributed by atoms with Crippen LogP contribution in [-0.2, 0) is 0 Å². The van der Waals surface area contributed by atoms with E-state index in [1.54, 1.807) is 24.3 Å². The van der Waals surface area contributed by atoms with E-state index in [2.05, 4.69) is 10.3 Å². The van der Waals surface area contributed by atoms with Crippen molar-refractivity contribution in [3.05, 3.63) is 39.8 Å². The monoisotopic (exact) mass is 163 g/mol. The molecule has 0 aliphatic carbocycles. The third-order valence-corrected chi connectivity index (χ3v) is 1.59. The Morgan fingerprint density at radius 3 is 3.00 bits per heavy atom. The van der Waals surface area contributed by atoms with Gasteiger partial charge in [0.15, 0.2) is 5.52 Å². The maximum absolute atomic E-state index is 11.1. The zero-order chi connectivity index (χ0) is 8.55. The van der Waals surface area contributed by atoms with Crippen molar-refractivity contribution in [2.45, 2.75) is 0 Å². The van der Waals surface area contributed by atoms with Crippen molar-refractivity contribution < 1.29 is 4.85 Å². The summed E-state index contributed by atoms with van der Waals surface area (Å²) in [5.74, 6) is 0. The summed E-state index contributed by atoms with van der Waals surface area (Å²) in [6.45, 7) is 0. The molecule has 5 heteroatoms. The molecule has 0 saturated carbocycles. The quantitative estimate of drug-likeness (QED) is 0.422. The highest BCUT2D eigenvalue weighted by molar-refractivity contribution is 5.75. The van der Waals surface area contributed by atoms with Crippen LogP contribution < -0.4 is 10.4 Å². The van der Waals surface area contributed by atoms with Gasteiger partial charge in [0.2, 0.25) is 0 Å². The zero-order valence-corrected chi connectivity index (χ0v) is 6.02. The smallest absolute Gasteiger partial charge is 0.369 e. The van der Waals surface area contributed by atoms with Crippen molar-refractivity contribution >= 4 is 10.9 Å². The molecule has 1 heterocycles. The molecule has 0 fully saturated rings. The van der Waals surface area contributed by atoms with Crippen LogP contribution in [0.15, 0.2) is 29.1 Å². The number of hydrogen-bond donors (Lipinski definition) is 1. The van der Waals surface area contributed by atoms with Crippen LogP contribution in [0.5, 0.6) is 0 Å². The second-order valence-corrected chi connectivity index (χ2v) is 2.34. The van der Waals surface area contributed by atoms with Crippen LogP contribution in [0.4, 0.5) is 0 Å². The molecule has 2 aromatic rings. The summed E-state index contributed by atoms with van der Waals surface area (Å²) >= 11 is 0. The Kier molecular flexibility index (Phi) is 1.30. The lowest BCUT2D eigenvalue weighted by Gasteiger charge is -1.95. The fraction of sp³-hybridized carbons (Fsp3) is 0. The number of aromatic nitrogens is 3. The number of nitrogens with one attached hydrogen (secondary N) is 1. The average Bonchev–Trinajstić information content (AvgIpc) is 2.12. The molecule has 1 aromatic carbocycles. The first-order chi connectivity index (χ1) is 5.79. The maximum Gasteiger partial charge on any atom is 0.369 e. The molecule has 0 atom stereocenters. The van der Waals surface area contributed by atoms with Gasteiger partial charge in [-0.1, -0.05) is 17.0 Å². The van der Waals surface area contributed by atoms with E-state index in [0.29, 0.717) is 10.9 Å². The summed E-state index contributed by atoms with van der Waals surface area (Å²) in [7, 11) is 0. The molecule has 0 radical (unpaired) electrons. The van der Waals surface area contributed by atoms with Crippen LogP contribution in [0.1, 0.15) is 0 Å². The van der Waals surface area contributed by atoms with Crippen molar-refractivity contribution in [3.63, 3.8) is 0 Å². The number of rotatable bonds is 0. The van der Waals surface area contributed by atoms with Gasteiger partial charge in [0, 0.05) is 0 Å². The predicted octanol–water partition coefficient (Wildman–Crippen LogP) is -0.444. The van der Waals surface area contributed by atoms with E-state index in [1.807, 2.05) is 0 Å². The normalized spacial score (nSPS) is 10.3. The summed E-state index contributed by atoms with van der Waals surface area (Å²) in [6.07, 6.45) is 0. The molecule has 0 bridgehead atoms. The summed E-state index contributed by atoms with van der Waals surface area (Å²) in [5.41, 5.74) is -0.0704. The van der Waals surface area contributed by atoms with Crippen molar-refractivity contribution in [2.24, 2.45) is 0 Å². The highest BCUT2D eigenvalue weighted by Crippen LogP contribution is 2.01. The van der Waals surface area contributed by atoms with Crippen LogP contribution in [0.2, 0.25) is 0 Å². The molecule has 1 aromatic heterocycles. The van der Waals surface area contributed by atoms with E-state index < -0.39 is 5.56 Å². The molecule has 0 saturated heterocycles. The number of para-hydroxylation sites is 1. The first-order valence-electron chi connectivity index (χ1n) is 3.36. The van der Waals surface area contributed by atoms with Gasteiger partial charge in [0.05, 0.1) is 5.21 Å². The van der Waals surface area contributed by atoms with Gasteiger partial charge in [-0.2, -0.15) is 0 Å². The van der Waals surface area contributed by atoms with Gasteiger partial charge in [0.25, 0.3) is 0 Å². The molecule has 12 heavy (non-hydrogen) atoms. The standard InChI is InChI=1S/C7H5N3O2/c11-7-5-3-1-2-4-6(5)8-9-10(7)12/h1-4,8H. The van der Waals surface area contributed by atoms with Gasteiger partial charge in [-0.3, -0.25) is 0 Å². The fourth-order valence-electron chi connectivity index (χ4n) is 1.01. The SMILES string of the molecule is O=c1c2ccccc2[nH]n[n+]1[O-]. The molecule has 0 unspecified atom stereocenters. The zero-order valence-electron chi connectivity index (χ0n) is 6.02. The maximum atomic E-state index is 11.1. The van der Waals surface area contributed by atoms with Crippen LogP contribution >= 0.6 is 0 Å². The minimum atomic E-state index is -0.635. The Hall–Kier alpha value is -1.91. The molecule has 60 valence electrons. The third kappa shape index (κ3) is 0.833. The lowest BCUT2D eigenvalue weighted by Crippen LogP contribution is -2.48. The summed E-state index contributed by atoms with van der Waals surface area (Å²) < 4.78 is 0. The van der Waals surface area contributed by atoms with E-state index in [-0.39, 0.29) is 4.85 Å². The number of aromatic amines is 1. The lowest BCUT2D eigenvalue weighted by molar-refractivity contribution is -0.687. The number of nitrogens with zero attached hydrogens (tertiary/aromatic N) is 2. The molecule has 0 spiro atoms. The highest BCUT2D eigenvalue weighted by Gasteiger charge is 2.04. The van der Waals surface area contributed by atoms with Gasteiger partial charge < -0.3 is 5.21 Å². The molecule has 0 aliphatic heterocycles. The summed E-state index contributed by atoms with van der Waals surface area (Å²) in [4.78, 5) is 11.1. The third-order valence-electron chi connectivity index (χ3n) is 1.59. The van der Waals surface area contributed by atoms with Gasteiger partial charge in [-0.25, -0.2) is 4.79 Å². The van der Waals surface area contributed by atoms with Gasteiger partial charge >= 0.3 is 5.56 Å². The Labute approximate surface area is 66.8 Å². The first-order valence-corrected chi connectivity index (χ1v) is 3.36. The van der Waals surface area contributed by atoms with Gasteiger partial charge in [0.1, 0.15) is 5.39 Å². The van der Waals surface area contributed by atoms with Crippen molar-refractivity contribution in [2.75, 3.05) is 0 Å². The molecule has 0 amide bonds. The molecule has 2 rings (SSSR count). The molecular formula is C7H5N3O2.